The second-order valence-corrected chi connectivity index (χ2v) is 8.73. The first-order valence-electron chi connectivity index (χ1n) is 11.6. The zero-order chi connectivity index (χ0) is 22.2. The molecule has 33 heavy (non-hydrogen) atoms. The van der Waals surface area contributed by atoms with Gasteiger partial charge in [0.25, 0.3) is 0 Å². The minimum Gasteiger partial charge on any atom is -0.368 e. The average Bonchev–Trinajstić information content (AvgIpc) is 3.06. The second kappa shape index (κ2) is 8.18. The Hall–Kier alpha value is -3.98. The Morgan fingerprint density at radius 1 is 0.636 bits per heavy atom. The van der Waals surface area contributed by atoms with Crippen LogP contribution in [0.25, 0.3) is 44.5 Å². The molecule has 2 N–H and O–H groups in total. The quantitative estimate of drug-likeness (QED) is 0.301. The van der Waals surface area contributed by atoms with E-state index in [1.165, 1.54) is 38.2 Å². The normalized spacial score (nSPS) is 15.0. The summed E-state index contributed by atoms with van der Waals surface area (Å²) >= 11 is 0. The van der Waals surface area contributed by atoms with E-state index in [1.54, 1.807) is 0 Å². The third-order valence-electron chi connectivity index (χ3n) is 6.65. The minimum absolute atomic E-state index is 0.336. The van der Waals surface area contributed by atoms with E-state index in [2.05, 4.69) is 91.0 Å². The number of nitrogens with two attached hydrogens (primary N) is 1. The maximum atomic E-state index is 6.31. The van der Waals surface area contributed by atoms with Crippen molar-refractivity contribution in [2.75, 3.05) is 5.73 Å². The van der Waals surface area contributed by atoms with Crippen molar-refractivity contribution < 1.29 is 0 Å². The van der Waals surface area contributed by atoms with Gasteiger partial charge in [0, 0.05) is 11.1 Å². The summed E-state index contributed by atoms with van der Waals surface area (Å²) in [5.74, 6) is 0.336. The predicted molar refractivity (Wildman–Crippen MR) is 139 cm³/mol. The summed E-state index contributed by atoms with van der Waals surface area (Å²) in [6.45, 7) is 0. The van der Waals surface area contributed by atoms with Gasteiger partial charge < -0.3 is 5.73 Å². The fraction of sp³-hybridized carbons (Fsp3) is 0.133. The van der Waals surface area contributed by atoms with Gasteiger partial charge >= 0.3 is 0 Å². The van der Waals surface area contributed by atoms with Crippen LogP contribution in [0.1, 0.15) is 36.1 Å². The van der Waals surface area contributed by atoms with Crippen molar-refractivity contribution >= 4 is 39.1 Å². The van der Waals surface area contributed by atoms with Crippen LogP contribution in [0.3, 0.4) is 0 Å². The summed E-state index contributed by atoms with van der Waals surface area (Å²) in [5, 5.41) is 4.92. The number of allylic oxidation sites excluding steroid dienone is 1. The number of fused-ring (bicyclic) bond motifs is 3. The van der Waals surface area contributed by atoms with Crippen LogP contribution in [0, 0.1) is 0 Å². The van der Waals surface area contributed by atoms with Crippen LogP contribution in [0.15, 0.2) is 84.9 Å². The van der Waals surface area contributed by atoms with E-state index in [0.29, 0.717) is 5.95 Å². The molecule has 0 unspecified atom stereocenters. The fourth-order valence-corrected chi connectivity index (χ4v) is 5.10. The molecule has 0 spiro atoms. The zero-order valence-electron chi connectivity index (χ0n) is 18.5. The van der Waals surface area contributed by atoms with Gasteiger partial charge in [-0.1, -0.05) is 84.9 Å². The van der Waals surface area contributed by atoms with Gasteiger partial charge in [-0.3, -0.25) is 0 Å². The Morgan fingerprint density at radius 2 is 1.27 bits per heavy atom. The summed E-state index contributed by atoms with van der Waals surface area (Å²) in [6.07, 6.45) is 6.50. The highest BCUT2D eigenvalue weighted by molar-refractivity contribution is 5.99. The van der Waals surface area contributed by atoms with E-state index >= 15 is 0 Å². The number of aromatic nitrogens is 2. The van der Waals surface area contributed by atoms with E-state index in [4.69, 9.17) is 15.7 Å². The van der Waals surface area contributed by atoms with Gasteiger partial charge in [0.2, 0.25) is 5.95 Å². The molecular weight excluding hydrogens is 402 g/mol. The van der Waals surface area contributed by atoms with E-state index in [9.17, 15) is 0 Å². The van der Waals surface area contributed by atoms with E-state index in [0.717, 1.165) is 42.6 Å². The summed E-state index contributed by atoms with van der Waals surface area (Å²) in [4.78, 5) is 9.58. The van der Waals surface area contributed by atoms with Gasteiger partial charge in [-0.2, -0.15) is 0 Å². The number of rotatable bonds is 2. The van der Waals surface area contributed by atoms with E-state index < -0.39 is 0 Å². The molecule has 3 nitrogen and oxygen atoms in total. The third-order valence-corrected chi connectivity index (χ3v) is 6.65. The van der Waals surface area contributed by atoms with Gasteiger partial charge in [-0.15, -0.1) is 0 Å². The van der Waals surface area contributed by atoms with Crippen LogP contribution in [0.4, 0.5) is 5.95 Å². The first kappa shape index (κ1) is 19.7. The molecule has 160 valence electrons. The summed E-state index contributed by atoms with van der Waals surface area (Å²) in [6, 6.07) is 29.9. The lowest BCUT2D eigenvalue weighted by molar-refractivity contribution is 0.771. The highest BCUT2D eigenvalue weighted by atomic mass is 15.0. The standard InChI is InChI=1S/C30H25N3/c31-30-32-28-23(19-22-14-7-12-20-9-1-4-15-24(20)22)11-3-6-17-27(28)29(33-30)26-18-8-13-21-10-2-5-16-25(21)26/h1-2,4-5,7-10,12-16,18-19H,3,6,11,17H2,(H2,31,32,33)/b23-19+. The molecular formula is C30H25N3. The van der Waals surface area contributed by atoms with Crippen molar-refractivity contribution in [3.63, 3.8) is 0 Å². The van der Waals surface area contributed by atoms with Crippen LogP contribution in [0.5, 0.6) is 0 Å². The maximum Gasteiger partial charge on any atom is 0.221 e. The van der Waals surface area contributed by atoms with Crippen molar-refractivity contribution in [1.82, 2.24) is 9.97 Å². The Labute approximate surface area is 193 Å². The Morgan fingerprint density at radius 3 is 2.12 bits per heavy atom. The van der Waals surface area contributed by atoms with E-state index in [1.807, 2.05) is 0 Å². The zero-order valence-corrected chi connectivity index (χ0v) is 18.5. The highest BCUT2D eigenvalue weighted by Gasteiger charge is 2.21. The summed E-state index contributed by atoms with van der Waals surface area (Å²) in [7, 11) is 0. The predicted octanol–water partition coefficient (Wildman–Crippen LogP) is 7.30. The molecule has 0 bridgehead atoms. The largest absolute Gasteiger partial charge is 0.368 e. The first-order chi connectivity index (χ1) is 16.3. The SMILES string of the molecule is Nc1nc2c(c(-c3cccc4ccccc34)n1)CCCC/C2=C\c1cccc2ccccc12. The second-order valence-electron chi connectivity index (χ2n) is 8.73. The van der Waals surface area contributed by atoms with Crippen molar-refractivity contribution in [3.05, 3.63) is 102 Å². The molecule has 0 atom stereocenters. The molecule has 0 saturated carbocycles. The van der Waals surface area contributed by atoms with Crippen molar-refractivity contribution in [1.29, 1.82) is 0 Å². The molecule has 5 aromatic rings. The van der Waals surface area contributed by atoms with Crippen LogP contribution in [0.2, 0.25) is 0 Å². The van der Waals surface area contributed by atoms with Gasteiger partial charge in [-0.25, -0.2) is 9.97 Å². The molecule has 6 rings (SSSR count). The lowest BCUT2D eigenvalue weighted by Crippen LogP contribution is -2.06. The van der Waals surface area contributed by atoms with Gasteiger partial charge in [0.1, 0.15) is 0 Å². The number of anilines is 1. The number of nitrogens with zero attached hydrogens (tertiary/aromatic N) is 2. The van der Waals surface area contributed by atoms with E-state index in [-0.39, 0.29) is 0 Å². The molecule has 1 aromatic heterocycles. The Bertz CT molecular complexity index is 1520. The van der Waals surface area contributed by atoms with Crippen molar-refractivity contribution in [2.45, 2.75) is 25.7 Å². The Balaban J connectivity index is 1.58. The van der Waals surface area contributed by atoms with Crippen LogP contribution < -0.4 is 5.73 Å². The molecule has 0 saturated heterocycles. The molecule has 0 fully saturated rings. The van der Waals surface area contributed by atoms with Crippen LogP contribution in [-0.4, -0.2) is 9.97 Å². The number of hydrogen-bond donors (Lipinski definition) is 1. The van der Waals surface area contributed by atoms with Crippen LogP contribution in [-0.2, 0) is 6.42 Å². The van der Waals surface area contributed by atoms with Gasteiger partial charge in [-0.05, 0) is 64.4 Å². The summed E-state index contributed by atoms with van der Waals surface area (Å²) in [5.41, 5.74) is 13.1. The minimum atomic E-state index is 0.336. The molecule has 0 aliphatic heterocycles. The molecule has 4 aromatic carbocycles. The molecule has 0 radical (unpaired) electrons. The van der Waals surface area contributed by atoms with Crippen molar-refractivity contribution in [2.24, 2.45) is 0 Å². The average molecular weight is 428 g/mol. The van der Waals surface area contributed by atoms with Gasteiger partial charge in [0.15, 0.2) is 0 Å². The Kier molecular flexibility index (Phi) is 4.88. The summed E-state index contributed by atoms with van der Waals surface area (Å²) < 4.78 is 0. The lowest BCUT2D eigenvalue weighted by Gasteiger charge is -2.15. The monoisotopic (exact) mass is 427 g/mol. The molecule has 3 heteroatoms. The number of hydrogen-bond acceptors (Lipinski definition) is 3. The first-order valence-corrected chi connectivity index (χ1v) is 11.6. The number of benzene rings is 4. The van der Waals surface area contributed by atoms with Crippen LogP contribution >= 0.6 is 0 Å². The lowest BCUT2D eigenvalue weighted by atomic mass is 9.94. The molecule has 1 aliphatic carbocycles. The van der Waals surface area contributed by atoms with Crippen molar-refractivity contribution in [3.8, 4) is 11.3 Å². The smallest absolute Gasteiger partial charge is 0.221 e. The highest BCUT2D eigenvalue weighted by Crippen LogP contribution is 2.38. The topological polar surface area (TPSA) is 51.8 Å². The number of nitrogen functional groups attached to an aromatic ring is 1. The fourth-order valence-electron chi connectivity index (χ4n) is 5.10. The molecule has 0 amide bonds. The van der Waals surface area contributed by atoms with Gasteiger partial charge in [0.05, 0.1) is 11.4 Å². The maximum absolute atomic E-state index is 6.31. The molecule has 1 aliphatic rings. The third kappa shape index (κ3) is 3.56. The molecule has 1 heterocycles.